The van der Waals surface area contributed by atoms with Gasteiger partial charge in [-0.1, -0.05) is 24.3 Å². The molecule has 0 radical (unpaired) electrons. The molecule has 1 aliphatic rings. The van der Waals surface area contributed by atoms with Crippen LogP contribution in [0.2, 0.25) is 0 Å². The Labute approximate surface area is 154 Å². The number of ether oxygens (including phenoxy) is 3. The molecule has 0 saturated heterocycles. The molecule has 0 saturated carbocycles. The number of para-hydroxylation sites is 1. The summed E-state index contributed by atoms with van der Waals surface area (Å²) in [7, 11) is 0. The highest BCUT2D eigenvalue weighted by atomic mass is 16.6. The third-order valence-electron chi connectivity index (χ3n) is 3.88. The molecule has 1 aliphatic heterocycles. The lowest BCUT2D eigenvalue weighted by atomic mass is 10.1. The maximum atomic E-state index is 12.0. The molecule has 5 nitrogen and oxygen atoms in total. The molecule has 0 unspecified atom stereocenters. The highest BCUT2D eigenvalue weighted by molar-refractivity contribution is 5.89. The van der Waals surface area contributed by atoms with Crippen molar-refractivity contribution in [3.63, 3.8) is 0 Å². The number of hydrogen-bond acceptors (Lipinski definition) is 5. The number of carbonyl (C=O) groups excluding carboxylic acids is 1. The Kier molecular flexibility index (Phi) is 5.47. The van der Waals surface area contributed by atoms with Gasteiger partial charge in [-0.3, -0.25) is 0 Å². The van der Waals surface area contributed by atoms with Gasteiger partial charge in [0.2, 0.25) is 0 Å². The summed E-state index contributed by atoms with van der Waals surface area (Å²) >= 11 is 0. The smallest absolute Gasteiger partial charge is 0.338 e. The van der Waals surface area contributed by atoms with Crippen molar-refractivity contribution >= 4 is 5.97 Å². The highest BCUT2D eigenvalue weighted by Gasteiger charge is 2.18. The molecule has 0 bridgehead atoms. The Morgan fingerprint density at radius 2 is 1.77 bits per heavy atom. The summed E-state index contributed by atoms with van der Waals surface area (Å²) in [5.41, 5.74) is 2.25. The summed E-state index contributed by atoms with van der Waals surface area (Å²) in [4.78, 5) is 12.0. The minimum absolute atomic E-state index is 0.301. The second-order valence-corrected chi connectivity index (χ2v) is 7.24. The summed E-state index contributed by atoms with van der Waals surface area (Å²) in [6.07, 6.45) is 0. The van der Waals surface area contributed by atoms with Crippen molar-refractivity contribution in [1.29, 1.82) is 0 Å². The van der Waals surface area contributed by atoms with E-state index in [0.717, 1.165) is 22.6 Å². The van der Waals surface area contributed by atoms with E-state index in [0.29, 0.717) is 31.9 Å². The molecule has 0 aliphatic carbocycles. The van der Waals surface area contributed by atoms with Gasteiger partial charge >= 0.3 is 5.97 Å². The normalized spacial score (nSPS) is 13.3. The molecule has 3 rings (SSSR count). The van der Waals surface area contributed by atoms with E-state index < -0.39 is 5.60 Å². The van der Waals surface area contributed by atoms with Crippen molar-refractivity contribution in [3.05, 3.63) is 59.2 Å². The molecular weight excluding hydrogens is 330 g/mol. The Morgan fingerprint density at radius 1 is 1.04 bits per heavy atom. The fourth-order valence-electron chi connectivity index (χ4n) is 2.71. The van der Waals surface area contributed by atoms with Crippen molar-refractivity contribution in [1.82, 2.24) is 5.32 Å². The summed E-state index contributed by atoms with van der Waals surface area (Å²) < 4.78 is 16.7. The molecule has 0 aromatic heterocycles. The van der Waals surface area contributed by atoms with Crippen LogP contribution in [0.5, 0.6) is 11.5 Å². The Morgan fingerprint density at radius 3 is 2.50 bits per heavy atom. The van der Waals surface area contributed by atoms with Crippen molar-refractivity contribution < 1.29 is 19.0 Å². The van der Waals surface area contributed by atoms with Gasteiger partial charge < -0.3 is 19.5 Å². The molecule has 1 N–H and O–H groups in total. The number of esters is 1. The van der Waals surface area contributed by atoms with Gasteiger partial charge in [0.25, 0.3) is 0 Å². The van der Waals surface area contributed by atoms with Gasteiger partial charge in [-0.05, 0) is 44.5 Å². The van der Waals surface area contributed by atoms with Crippen molar-refractivity contribution in [3.8, 4) is 11.5 Å². The topological polar surface area (TPSA) is 56.8 Å². The lowest BCUT2D eigenvalue weighted by Gasteiger charge is -2.21. The first-order valence-electron chi connectivity index (χ1n) is 8.83. The fourth-order valence-corrected chi connectivity index (χ4v) is 2.71. The number of fused-ring (bicyclic) bond motifs is 1. The first-order chi connectivity index (χ1) is 12.4. The second-order valence-electron chi connectivity index (χ2n) is 7.24. The maximum absolute atomic E-state index is 12.0. The van der Waals surface area contributed by atoms with Crippen LogP contribution in [-0.4, -0.2) is 24.8 Å². The standard InChI is InChI=1S/C21H25NO4/c1-21(2,3)26-20(23)16-9-7-15(8-10-16)13-22-14-17-5-4-6-18-19(17)25-12-11-24-18/h4-10,22H,11-14H2,1-3H3. The number of nitrogens with one attached hydrogen (secondary N) is 1. The van der Waals surface area contributed by atoms with Crippen LogP contribution in [0.25, 0.3) is 0 Å². The minimum atomic E-state index is -0.488. The lowest BCUT2D eigenvalue weighted by Crippen LogP contribution is -2.23. The van der Waals surface area contributed by atoms with Crippen LogP contribution in [0.1, 0.15) is 42.3 Å². The van der Waals surface area contributed by atoms with Gasteiger partial charge in [0, 0.05) is 18.7 Å². The highest BCUT2D eigenvalue weighted by Crippen LogP contribution is 2.33. The zero-order chi connectivity index (χ0) is 18.6. The molecule has 0 spiro atoms. The van der Waals surface area contributed by atoms with Gasteiger partial charge in [0.05, 0.1) is 5.56 Å². The first kappa shape index (κ1) is 18.3. The lowest BCUT2D eigenvalue weighted by molar-refractivity contribution is 0.00695. The van der Waals surface area contributed by atoms with Gasteiger partial charge in [-0.25, -0.2) is 4.79 Å². The van der Waals surface area contributed by atoms with Crippen molar-refractivity contribution in [2.45, 2.75) is 39.5 Å². The molecule has 1 heterocycles. The summed E-state index contributed by atoms with van der Waals surface area (Å²) in [5, 5.41) is 3.40. The third-order valence-corrected chi connectivity index (χ3v) is 3.88. The van der Waals surface area contributed by atoms with E-state index in [9.17, 15) is 4.79 Å². The largest absolute Gasteiger partial charge is 0.486 e. The Balaban J connectivity index is 1.55. The van der Waals surface area contributed by atoms with Crippen LogP contribution in [0.4, 0.5) is 0 Å². The molecule has 0 atom stereocenters. The zero-order valence-electron chi connectivity index (χ0n) is 15.5. The monoisotopic (exact) mass is 355 g/mol. The number of benzene rings is 2. The van der Waals surface area contributed by atoms with E-state index in [1.165, 1.54) is 0 Å². The van der Waals surface area contributed by atoms with E-state index in [-0.39, 0.29) is 5.97 Å². The van der Waals surface area contributed by atoms with Crippen LogP contribution in [0.15, 0.2) is 42.5 Å². The van der Waals surface area contributed by atoms with E-state index >= 15 is 0 Å². The second kappa shape index (κ2) is 7.79. The maximum Gasteiger partial charge on any atom is 0.338 e. The van der Waals surface area contributed by atoms with Gasteiger partial charge in [0.1, 0.15) is 18.8 Å². The van der Waals surface area contributed by atoms with Crippen LogP contribution < -0.4 is 14.8 Å². The average molecular weight is 355 g/mol. The predicted octanol–water partition coefficient (Wildman–Crippen LogP) is 3.70. The molecular formula is C21H25NO4. The van der Waals surface area contributed by atoms with Crippen LogP contribution >= 0.6 is 0 Å². The van der Waals surface area contributed by atoms with Gasteiger partial charge in [-0.2, -0.15) is 0 Å². The minimum Gasteiger partial charge on any atom is -0.486 e. The molecule has 138 valence electrons. The van der Waals surface area contributed by atoms with E-state index in [1.54, 1.807) is 12.1 Å². The third kappa shape index (κ3) is 4.76. The summed E-state index contributed by atoms with van der Waals surface area (Å²) in [5.74, 6) is 1.33. The molecule has 2 aromatic rings. The fraction of sp³-hybridized carbons (Fsp3) is 0.381. The number of rotatable bonds is 5. The van der Waals surface area contributed by atoms with Crippen LogP contribution in [0, 0.1) is 0 Å². The molecule has 26 heavy (non-hydrogen) atoms. The van der Waals surface area contributed by atoms with E-state index in [2.05, 4.69) is 5.32 Å². The summed E-state index contributed by atoms with van der Waals surface area (Å²) in [6, 6.07) is 13.4. The zero-order valence-corrected chi connectivity index (χ0v) is 15.5. The average Bonchev–Trinajstić information content (AvgIpc) is 2.61. The number of hydrogen-bond donors (Lipinski definition) is 1. The Bertz CT molecular complexity index is 763. The summed E-state index contributed by atoms with van der Waals surface area (Å²) in [6.45, 7) is 8.13. The quantitative estimate of drug-likeness (QED) is 0.829. The molecule has 0 amide bonds. The van der Waals surface area contributed by atoms with Crippen molar-refractivity contribution in [2.75, 3.05) is 13.2 Å². The molecule has 0 fully saturated rings. The SMILES string of the molecule is CC(C)(C)OC(=O)c1ccc(CNCc2cccc3c2OCCO3)cc1. The van der Waals surface area contributed by atoms with Crippen LogP contribution in [0.3, 0.4) is 0 Å². The van der Waals surface area contributed by atoms with Gasteiger partial charge in [-0.15, -0.1) is 0 Å². The Hall–Kier alpha value is -2.53. The molecule has 2 aromatic carbocycles. The van der Waals surface area contributed by atoms with Gasteiger partial charge in [0.15, 0.2) is 11.5 Å². The van der Waals surface area contributed by atoms with E-state index in [1.807, 2.05) is 51.1 Å². The van der Waals surface area contributed by atoms with E-state index in [4.69, 9.17) is 14.2 Å². The first-order valence-corrected chi connectivity index (χ1v) is 8.83. The molecule has 5 heteroatoms. The number of carbonyl (C=O) groups is 1. The van der Waals surface area contributed by atoms with Crippen molar-refractivity contribution in [2.24, 2.45) is 0 Å². The predicted molar refractivity (Wildman–Crippen MR) is 99.6 cm³/mol. The van der Waals surface area contributed by atoms with Crippen LogP contribution in [-0.2, 0) is 17.8 Å².